The standard InChI is InChI=1S/C11H15BrFNO/c1-8(15)4-5-14-7-9-6-10(13)2-3-11(9)12/h2-3,6,8,14-15H,4-5,7H2,1H3. The lowest BCUT2D eigenvalue weighted by Crippen LogP contribution is -2.18. The summed E-state index contributed by atoms with van der Waals surface area (Å²) in [6, 6.07) is 4.61. The van der Waals surface area contributed by atoms with Crippen LogP contribution in [0.1, 0.15) is 18.9 Å². The number of aliphatic hydroxyl groups is 1. The zero-order valence-electron chi connectivity index (χ0n) is 8.63. The van der Waals surface area contributed by atoms with E-state index in [0.717, 1.165) is 16.6 Å². The van der Waals surface area contributed by atoms with Crippen molar-refractivity contribution in [2.24, 2.45) is 0 Å². The molecule has 0 aliphatic heterocycles. The molecule has 0 saturated carbocycles. The second-order valence-corrected chi connectivity index (χ2v) is 4.40. The molecule has 1 atom stereocenters. The van der Waals surface area contributed by atoms with Crippen LogP contribution in [-0.4, -0.2) is 17.8 Å². The molecule has 4 heteroatoms. The maximum absolute atomic E-state index is 12.9. The Morgan fingerprint density at radius 1 is 1.53 bits per heavy atom. The van der Waals surface area contributed by atoms with Crippen molar-refractivity contribution in [3.8, 4) is 0 Å². The summed E-state index contributed by atoms with van der Waals surface area (Å²) in [5, 5.41) is 12.2. The van der Waals surface area contributed by atoms with Crippen molar-refractivity contribution >= 4 is 15.9 Å². The molecule has 0 saturated heterocycles. The Kier molecular flexibility index (Phi) is 5.22. The molecule has 1 rings (SSSR count). The highest BCUT2D eigenvalue weighted by Gasteiger charge is 2.01. The van der Waals surface area contributed by atoms with Gasteiger partial charge in [-0.25, -0.2) is 4.39 Å². The number of hydrogen-bond donors (Lipinski definition) is 2. The van der Waals surface area contributed by atoms with Gasteiger partial charge in [-0.05, 0) is 43.7 Å². The first-order valence-electron chi connectivity index (χ1n) is 4.92. The summed E-state index contributed by atoms with van der Waals surface area (Å²) in [6.07, 6.45) is 0.404. The van der Waals surface area contributed by atoms with Gasteiger partial charge < -0.3 is 10.4 Å². The first-order valence-corrected chi connectivity index (χ1v) is 5.71. The van der Waals surface area contributed by atoms with Gasteiger partial charge in [-0.3, -0.25) is 0 Å². The SMILES string of the molecule is CC(O)CCNCc1cc(F)ccc1Br. The van der Waals surface area contributed by atoms with Crippen LogP contribution in [0.4, 0.5) is 4.39 Å². The minimum atomic E-state index is -0.298. The predicted octanol–water partition coefficient (Wildman–Crippen LogP) is 2.45. The van der Waals surface area contributed by atoms with E-state index in [1.165, 1.54) is 12.1 Å². The fourth-order valence-corrected chi connectivity index (χ4v) is 1.60. The van der Waals surface area contributed by atoms with Crippen LogP contribution in [-0.2, 0) is 6.54 Å². The third-order valence-electron chi connectivity index (χ3n) is 2.06. The van der Waals surface area contributed by atoms with Crippen molar-refractivity contribution in [2.75, 3.05) is 6.54 Å². The highest BCUT2D eigenvalue weighted by molar-refractivity contribution is 9.10. The highest BCUT2D eigenvalue weighted by Crippen LogP contribution is 2.17. The van der Waals surface area contributed by atoms with Crippen LogP contribution in [0.2, 0.25) is 0 Å². The lowest BCUT2D eigenvalue weighted by molar-refractivity contribution is 0.183. The molecule has 84 valence electrons. The quantitative estimate of drug-likeness (QED) is 0.810. The van der Waals surface area contributed by atoms with Gasteiger partial charge in [0.25, 0.3) is 0 Å². The summed E-state index contributed by atoms with van der Waals surface area (Å²) >= 11 is 3.36. The predicted molar refractivity (Wildman–Crippen MR) is 62.1 cm³/mol. The average molecular weight is 276 g/mol. The van der Waals surface area contributed by atoms with Crippen molar-refractivity contribution in [3.05, 3.63) is 34.1 Å². The van der Waals surface area contributed by atoms with Crippen molar-refractivity contribution in [1.29, 1.82) is 0 Å². The zero-order valence-corrected chi connectivity index (χ0v) is 10.2. The molecule has 2 N–H and O–H groups in total. The van der Waals surface area contributed by atoms with Crippen LogP contribution < -0.4 is 5.32 Å². The van der Waals surface area contributed by atoms with Gasteiger partial charge >= 0.3 is 0 Å². The van der Waals surface area contributed by atoms with E-state index < -0.39 is 0 Å². The summed E-state index contributed by atoms with van der Waals surface area (Å²) in [4.78, 5) is 0. The number of halogens is 2. The largest absolute Gasteiger partial charge is 0.393 e. The minimum Gasteiger partial charge on any atom is -0.393 e. The van der Waals surface area contributed by atoms with Crippen molar-refractivity contribution in [1.82, 2.24) is 5.32 Å². The maximum atomic E-state index is 12.9. The van der Waals surface area contributed by atoms with Gasteiger partial charge in [0, 0.05) is 11.0 Å². The topological polar surface area (TPSA) is 32.3 Å². The molecule has 0 aliphatic carbocycles. The van der Waals surface area contributed by atoms with Gasteiger partial charge in [0.15, 0.2) is 0 Å². The molecule has 0 spiro atoms. The Morgan fingerprint density at radius 2 is 2.27 bits per heavy atom. The summed E-state index contributed by atoms with van der Waals surface area (Å²) < 4.78 is 13.8. The van der Waals surface area contributed by atoms with Crippen LogP contribution in [0, 0.1) is 5.82 Å². The molecule has 1 aromatic carbocycles. The zero-order chi connectivity index (χ0) is 11.3. The Labute approximate surface area is 97.6 Å². The third-order valence-corrected chi connectivity index (χ3v) is 2.84. The van der Waals surface area contributed by atoms with E-state index >= 15 is 0 Å². The highest BCUT2D eigenvalue weighted by atomic mass is 79.9. The van der Waals surface area contributed by atoms with E-state index in [-0.39, 0.29) is 11.9 Å². The molecule has 0 fully saturated rings. The van der Waals surface area contributed by atoms with Gasteiger partial charge in [-0.1, -0.05) is 15.9 Å². The molecule has 0 aromatic heterocycles. The first kappa shape index (κ1) is 12.6. The van der Waals surface area contributed by atoms with E-state index in [0.29, 0.717) is 13.0 Å². The third kappa shape index (κ3) is 4.73. The molecular formula is C11H15BrFNO. The molecule has 2 nitrogen and oxygen atoms in total. The molecule has 1 aromatic rings. The van der Waals surface area contributed by atoms with Crippen LogP contribution in [0.3, 0.4) is 0 Å². The summed E-state index contributed by atoms with van der Waals surface area (Å²) in [5.41, 5.74) is 0.889. The van der Waals surface area contributed by atoms with E-state index in [9.17, 15) is 4.39 Å². The second-order valence-electron chi connectivity index (χ2n) is 3.55. The fraction of sp³-hybridized carbons (Fsp3) is 0.455. The molecule has 1 unspecified atom stereocenters. The molecule has 0 amide bonds. The van der Waals surface area contributed by atoms with Crippen LogP contribution in [0.25, 0.3) is 0 Å². The number of rotatable bonds is 5. The number of nitrogens with one attached hydrogen (secondary N) is 1. The van der Waals surface area contributed by atoms with E-state index in [1.807, 2.05) is 0 Å². The number of hydrogen-bond acceptors (Lipinski definition) is 2. The number of benzene rings is 1. The molecule has 0 bridgehead atoms. The Balaban J connectivity index is 2.40. The lowest BCUT2D eigenvalue weighted by Gasteiger charge is -2.08. The molecular weight excluding hydrogens is 261 g/mol. The first-order chi connectivity index (χ1) is 7.09. The van der Waals surface area contributed by atoms with Crippen molar-refractivity contribution in [2.45, 2.75) is 26.0 Å². The Hall–Kier alpha value is -0.450. The van der Waals surface area contributed by atoms with E-state index in [1.54, 1.807) is 13.0 Å². The van der Waals surface area contributed by atoms with Gasteiger partial charge in [0.05, 0.1) is 6.10 Å². The minimum absolute atomic E-state index is 0.231. The summed E-state index contributed by atoms with van der Waals surface area (Å²) in [6.45, 7) is 3.07. The molecule has 0 aliphatic rings. The van der Waals surface area contributed by atoms with Crippen LogP contribution in [0.15, 0.2) is 22.7 Å². The monoisotopic (exact) mass is 275 g/mol. The van der Waals surface area contributed by atoms with Crippen molar-refractivity contribution < 1.29 is 9.50 Å². The van der Waals surface area contributed by atoms with Gasteiger partial charge in [-0.15, -0.1) is 0 Å². The van der Waals surface area contributed by atoms with Gasteiger partial charge in [-0.2, -0.15) is 0 Å². The molecule has 0 heterocycles. The van der Waals surface area contributed by atoms with E-state index in [4.69, 9.17) is 5.11 Å². The van der Waals surface area contributed by atoms with E-state index in [2.05, 4.69) is 21.2 Å². The Morgan fingerprint density at radius 3 is 2.93 bits per heavy atom. The normalized spacial score (nSPS) is 12.8. The van der Waals surface area contributed by atoms with Gasteiger partial charge in [0.1, 0.15) is 5.82 Å². The number of aliphatic hydroxyl groups excluding tert-OH is 1. The smallest absolute Gasteiger partial charge is 0.123 e. The maximum Gasteiger partial charge on any atom is 0.123 e. The van der Waals surface area contributed by atoms with Gasteiger partial charge in [0.2, 0.25) is 0 Å². The van der Waals surface area contributed by atoms with Crippen LogP contribution in [0.5, 0.6) is 0 Å². The Bertz CT molecular complexity index is 317. The van der Waals surface area contributed by atoms with Crippen molar-refractivity contribution in [3.63, 3.8) is 0 Å². The fourth-order valence-electron chi connectivity index (χ4n) is 1.21. The molecule has 15 heavy (non-hydrogen) atoms. The van der Waals surface area contributed by atoms with Crippen LogP contribution >= 0.6 is 15.9 Å². The summed E-state index contributed by atoms with van der Waals surface area (Å²) in [7, 11) is 0. The summed E-state index contributed by atoms with van der Waals surface area (Å²) in [5.74, 6) is -0.231. The lowest BCUT2D eigenvalue weighted by atomic mass is 10.2. The average Bonchev–Trinajstić information content (AvgIpc) is 2.17. The molecule has 0 radical (unpaired) electrons. The second kappa shape index (κ2) is 6.20.